The summed E-state index contributed by atoms with van der Waals surface area (Å²) < 4.78 is 13.0. The van der Waals surface area contributed by atoms with E-state index in [1.165, 1.54) is 0 Å². The first-order valence-electron chi connectivity index (χ1n) is 6.21. The molecule has 0 aromatic heterocycles. The predicted molar refractivity (Wildman–Crippen MR) is 79.5 cm³/mol. The van der Waals surface area contributed by atoms with E-state index >= 15 is 0 Å². The summed E-state index contributed by atoms with van der Waals surface area (Å²) in [7, 11) is 0. The van der Waals surface area contributed by atoms with Gasteiger partial charge in [-0.25, -0.2) is 14.0 Å². The Labute approximate surface area is 131 Å². The fraction of sp³-hybridized carbons (Fsp3) is 0.385. The summed E-state index contributed by atoms with van der Waals surface area (Å²) in [6.07, 6.45) is 0.579. The minimum absolute atomic E-state index is 0.0190. The first-order chi connectivity index (χ1) is 9.76. The molecular formula is C13H15Cl2FN2O3. The van der Waals surface area contributed by atoms with Crippen molar-refractivity contribution in [1.29, 1.82) is 0 Å². The van der Waals surface area contributed by atoms with Crippen LogP contribution in [0.4, 0.5) is 14.9 Å². The monoisotopic (exact) mass is 336 g/mol. The summed E-state index contributed by atoms with van der Waals surface area (Å²) in [6.45, 7) is 3.52. The molecule has 0 aliphatic heterocycles. The lowest BCUT2D eigenvalue weighted by Crippen LogP contribution is -2.46. The van der Waals surface area contributed by atoms with Crippen molar-refractivity contribution in [2.24, 2.45) is 5.92 Å². The molecule has 1 aromatic rings. The molecule has 1 aromatic carbocycles. The van der Waals surface area contributed by atoms with E-state index in [4.69, 9.17) is 28.3 Å². The third kappa shape index (κ3) is 4.75. The van der Waals surface area contributed by atoms with Crippen molar-refractivity contribution in [2.75, 3.05) is 5.32 Å². The Morgan fingerprint density at radius 2 is 1.86 bits per heavy atom. The van der Waals surface area contributed by atoms with Crippen molar-refractivity contribution in [3.63, 3.8) is 0 Å². The van der Waals surface area contributed by atoms with Gasteiger partial charge in [-0.3, -0.25) is 0 Å². The molecule has 0 saturated heterocycles. The second-order valence-electron chi connectivity index (χ2n) is 4.54. The molecule has 0 saturated carbocycles. The lowest BCUT2D eigenvalue weighted by atomic mass is 9.99. The van der Waals surface area contributed by atoms with E-state index in [-0.39, 0.29) is 21.7 Å². The summed E-state index contributed by atoms with van der Waals surface area (Å²) in [4.78, 5) is 23.0. The third-order valence-corrected chi connectivity index (χ3v) is 3.61. The molecule has 0 aliphatic rings. The Morgan fingerprint density at radius 1 is 1.33 bits per heavy atom. The molecule has 8 heteroatoms. The highest BCUT2D eigenvalue weighted by molar-refractivity contribution is 6.39. The quantitative estimate of drug-likeness (QED) is 0.766. The molecule has 0 bridgehead atoms. The van der Waals surface area contributed by atoms with E-state index in [2.05, 4.69) is 10.6 Å². The minimum Gasteiger partial charge on any atom is -0.480 e. The Hall–Kier alpha value is -1.53. The van der Waals surface area contributed by atoms with Crippen LogP contribution in [0.1, 0.15) is 20.3 Å². The first-order valence-corrected chi connectivity index (χ1v) is 6.96. The van der Waals surface area contributed by atoms with E-state index in [1.54, 1.807) is 6.92 Å². The number of carbonyl (C=O) groups excluding carboxylic acids is 1. The summed E-state index contributed by atoms with van der Waals surface area (Å²) in [5.74, 6) is -2.04. The van der Waals surface area contributed by atoms with Gasteiger partial charge in [0.25, 0.3) is 0 Å². The summed E-state index contributed by atoms with van der Waals surface area (Å²) in [6, 6.07) is 0.157. The second-order valence-corrected chi connectivity index (χ2v) is 5.36. The normalized spacial score (nSPS) is 13.4. The maximum Gasteiger partial charge on any atom is 0.326 e. The highest BCUT2D eigenvalue weighted by Gasteiger charge is 2.25. The number of halogens is 3. The van der Waals surface area contributed by atoms with E-state index < -0.39 is 23.9 Å². The van der Waals surface area contributed by atoms with Crippen molar-refractivity contribution in [3.8, 4) is 0 Å². The Morgan fingerprint density at radius 3 is 2.29 bits per heavy atom. The Bertz CT molecular complexity index is 531. The Balaban J connectivity index is 2.84. The van der Waals surface area contributed by atoms with Crippen LogP contribution in [0.15, 0.2) is 12.1 Å². The third-order valence-electron chi connectivity index (χ3n) is 3.01. The van der Waals surface area contributed by atoms with Crippen LogP contribution in [0.2, 0.25) is 10.0 Å². The van der Waals surface area contributed by atoms with Crippen LogP contribution in [-0.2, 0) is 4.79 Å². The summed E-state index contributed by atoms with van der Waals surface area (Å²) in [5, 5.41) is 13.6. The number of hydrogen-bond donors (Lipinski definition) is 3. The van der Waals surface area contributed by atoms with Crippen molar-refractivity contribution in [2.45, 2.75) is 26.3 Å². The van der Waals surface area contributed by atoms with Crippen LogP contribution in [0.5, 0.6) is 0 Å². The topological polar surface area (TPSA) is 78.4 Å². The molecule has 0 heterocycles. The molecule has 2 amide bonds. The standard InChI is InChI=1S/C13H15Cl2FN2O3/c1-3-6(2)10(12(19)20)17-13(21)18-11-8(14)4-7(16)5-9(11)15/h4-6,10H,3H2,1-2H3,(H,19,20)(H2,17,18,21)/t6?,10-/m0/s1. The van der Waals surface area contributed by atoms with Gasteiger partial charge in [-0.15, -0.1) is 0 Å². The number of rotatable bonds is 5. The average molecular weight is 337 g/mol. The number of amides is 2. The average Bonchev–Trinajstić information content (AvgIpc) is 2.39. The van der Waals surface area contributed by atoms with Crippen LogP contribution in [-0.4, -0.2) is 23.1 Å². The first kappa shape index (κ1) is 17.5. The molecule has 0 aliphatic carbocycles. The van der Waals surface area contributed by atoms with Gasteiger partial charge in [0.15, 0.2) is 0 Å². The van der Waals surface area contributed by atoms with Gasteiger partial charge in [0.1, 0.15) is 11.9 Å². The van der Waals surface area contributed by atoms with Gasteiger partial charge in [-0.1, -0.05) is 43.5 Å². The van der Waals surface area contributed by atoms with Gasteiger partial charge < -0.3 is 15.7 Å². The van der Waals surface area contributed by atoms with Gasteiger partial charge in [0.05, 0.1) is 15.7 Å². The highest BCUT2D eigenvalue weighted by Crippen LogP contribution is 2.31. The van der Waals surface area contributed by atoms with Crippen LogP contribution in [0.3, 0.4) is 0 Å². The SMILES string of the molecule is CCC(C)[C@H](NC(=O)Nc1c(Cl)cc(F)cc1Cl)C(=O)O. The van der Waals surface area contributed by atoms with Crippen LogP contribution < -0.4 is 10.6 Å². The number of aliphatic carboxylic acids is 1. The fourth-order valence-corrected chi connectivity index (χ4v) is 2.19. The van der Waals surface area contributed by atoms with Crippen LogP contribution in [0.25, 0.3) is 0 Å². The number of nitrogens with one attached hydrogen (secondary N) is 2. The zero-order chi connectivity index (χ0) is 16.2. The highest BCUT2D eigenvalue weighted by atomic mass is 35.5. The molecule has 1 unspecified atom stereocenters. The molecule has 21 heavy (non-hydrogen) atoms. The number of anilines is 1. The zero-order valence-electron chi connectivity index (χ0n) is 11.4. The van der Waals surface area contributed by atoms with Crippen LogP contribution in [0, 0.1) is 11.7 Å². The lowest BCUT2D eigenvalue weighted by Gasteiger charge is -2.20. The van der Waals surface area contributed by atoms with Gasteiger partial charge in [0, 0.05) is 0 Å². The van der Waals surface area contributed by atoms with Crippen molar-refractivity contribution in [1.82, 2.24) is 5.32 Å². The van der Waals surface area contributed by atoms with E-state index in [0.717, 1.165) is 12.1 Å². The maximum atomic E-state index is 13.0. The molecule has 5 nitrogen and oxygen atoms in total. The molecule has 0 fully saturated rings. The number of benzene rings is 1. The molecule has 0 spiro atoms. The molecular weight excluding hydrogens is 322 g/mol. The Kier molecular flexibility index (Phi) is 6.23. The largest absolute Gasteiger partial charge is 0.480 e. The van der Waals surface area contributed by atoms with E-state index in [0.29, 0.717) is 6.42 Å². The summed E-state index contributed by atoms with van der Waals surface area (Å²) >= 11 is 11.6. The molecule has 2 atom stereocenters. The zero-order valence-corrected chi connectivity index (χ0v) is 12.9. The second kappa shape index (κ2) is 7.47. The summed E-state index contributed by atoms with van der Waals surface area (Å²) in [5.41, 5.74) is 0.0190. The van der Waals surface area contributed by atoms with Gasteiger partial charge in [-0.2, -0.15) is 0 Å². The van der Waals surface area contributed by atoms with Gasteiger partial charge in [-0.05, 0) is 18.1 Å². The number of carboxylic acid groups (broad SMARTS) is 1. The lowest BCUT2D eigenvalue weighted by molar-refractivity contribution is -0.140. The number of carboxylic acids is 1. The number of urea groups is 1. The number of hydrogen-bond acceptors (Lipinski definition) is 2. The van der Waals surface area contributed by atoms with Crippen molar-refractivity contribution >= 4 is 40.9 Å². The smallest absolute Gasteiger partial charge is 0.326 e. The van der Waals surface area contributed by atoms with Gasteiger partial charge >= 0.3 is 12.0 Å². The minimum atomic E-state index is -1.14. The molecule has 1 rings (SSSR count). The molecule has 116 valence electrons. The fourth-order valence-electron chi connectivity index (χ4n) is 1.64. The molecule has 0 radical (unpaired) electrons. The van der Waals surface area contributed by atoms with Crippen molar-refractivity contribution in [3.05, 3.63) is 28.0 Å². The van der Waals surface area contributed by atoms with E-state index in [1.807, 2.05) is 6.92 Å². The van der Waals surface area contributed by atoms with Crippen molar-refractivity contribution < 1.29 is 19.1 Å². The van der Waals surface area contributed by atoms with E-state index in [9.17, 15) is 14.0 Å². The molecule has 3 N–H and O–H groups in total. The predicted octanol–water partition coefficient (Wildman–Crippen LogP) is 3.75. The van der Waals surface area contributed by atoms with Crippen LogP contribution >= 0.6 is 23.2 Å². The number of carbonyl (C=O) groups is 2. The maximum absolute atomic E-state index is 13.0. The van der Waals surface area contributed by atoms with Gasteiger partial charge in [0.2, 0.25) is 0 Å².